The number of hydrogen-bond acceptors (Lipinski definition) is 2. The van der Waals surface area contributed by atoms with Crippen LogP contribution in [0, 0.1) is 0 Å². The van der Waals surface area contributed by atoms with Gasteiger partial charge >= 0.3 is 0 Å². The molecular weight excluding hydrogens is 358 g/mol. The quantitative estimate of drug-likeness (QED) is 0.701. The van der Waals surface area contributed by atoms with Crippen molar-refractivity contribution in [3.8, 4) is 5.75 Å². The summed E-state index contributed by atoms with van der Waals surface area (Å²) in [5.41, 5.74) is 1.93. The van der Waals surface area contributed by atoms with Crippen LogP contribution in [0.4, 0.5) is 5.69 Å². The average molecular weight is 369 g/mol. The summed E-state index contributed by atoms with van der Waals surface area (Å²) in [6.45, 7) is 0. The second-order valence-corrected chi connectivity index (χ2v) is 5.32. The Morgan fingerprint density at radius 1 is 1.06 bits per heavy atom. The summed E-state index contributed by atoms with van der Waals surface area (Å²) in [5.74, 6) is 0.784. The lowest BCUT2D eigenvalue weighted by atomic mass is 10.2. The van der Waals surface area contributed by atoms with Crippen LogP contribution >= 0.6 is 31.9 Å². The van der Waals surface area contributed by atoms with E-state index in [1.54, 1.807) is 7.11 Å². The fourth-order valence-corrected chi connectivity index (χ4v) is 3.06. The Morgan fingerprint density at radius 2 is 1.67 bits per heavy atom. The molecule has 0 bridgehead atoms. The summed E-state index contributed by atoms with van der Waals surface area (Å²) in [6.07, 6.45) is 1.82. The van der Waals surface area contributed by atoms with Gasteiger partial charge in [-0.25, -0.2) is 0 Å². The lowest BCUT2D eigenvalue weighted by molar-refractivity contribution is 0.409. The Kier molecular flexibility index (Phi) is 4.55. The number of aliphatic imine (C=N–C) groups is 1. The fraction of sp³-hybridized carbons (Fsp3) is 0.0714. The number of ether oxygens (including phenoxy) is 1. The normalized spacial score (nSPS) is 10.8. The lowest BCUT2D eigenvalue weighted by Crippen LogP contribution is -1.89. The number of benzene rings is 2. The number of halogens is 2. The third kappa shape index (κ3) is 3.21. The van der Waals surface area contributed by atoms with E-state index in [-0.39, 0.29) is 0 Å². The molecule has 4 heteroatoms. The van der Waals surface area contributed by atoms with Crippen molar-refractivity contribution in [2.45, 2.75) is 0 Å². The van der Waals surface area contributed by atoms with Crippen molar-refractivity contribution in [2.24, 2.45) is 4.99 Å². The second kappa shape index (κ2) is 6.16. The molecule has 2 rings (SSSR count). The molecule has 0 N–H and O–H groups in total. The first kappa shape index (κ1) is 13.3. The van der Waals surface area contributed by atoms with E-state index in [0.29, 0.717) is 0 Å². The zero-order chi connectivity index (χ0) is 13.0. The molecule has 2 aromatic rings. The number of hydrogen-bond donors (Lipinski definition) is 0. The van der Waals surface area contributed by atoms with Gasteiger partial charge in [-0.05, 0) is 61.7 Å². The molecule has 0 aliphatic heterocycles. The highest BCUT2D eigenvalue weighted by Crippen LogP contribution is 2.34. The van der Waals surface area contributed by atoms with Crippen LogP contribution in [0.25, 0.3) is 0 Å². The SMILES string of the molecule is COc1c(Br)cc(C=Nc2ccccc2)cc1Br. The van der Waals surface area contributed by atoms with Gasteiger partial charge in [0.2, 0.25) is 0 Å². The Bertz CT molecular complexity index is 544. The Balaban J connectivity index is 2.28. The minimum Gasteiger partial charge on any atom is -0.494 e. The molecular formula is C14H11Br2NO. The molecule has 0 aliphatic rings. The fourth-order valence-electron chi connectivity index (χ4n) is 1.51. The van der Waals surface area contributed by atoms with Gasteiger partial charge in [0.05, 0.1) is 21.7 Å². The lowest BCUT2D eigenvalue weighted by Gasteiger charge is -2.06. The Morgan fingerprint density at radius 3 is 2.22 bits per heavy atom. The van der Waals surface area contributed by atoms with Gasteiger partial charge in [0.1, 0.15) is 5.75 Å². The van der Waals surface area contributed by atoms with Crippen molar-refractivity contribution in [3.63, 3.8) is 0 Å². The predicted molar refractivity (Wildman–Crippen MR) is 82.1 cm³/mol. The summed E-state index contributed by atoms with van der Waals surface area (Å²) in [7, 11) is 1.64. The third-order valence-corrected chi connectivity index (χ3v) is 3.52. The van der Waals surface area contributed by atoms with E-state index in [0.717, 1.165) is 25.9 Å². The first-order valence-electron chi connectivity index (χ1n) is 5.33. The third-order valence-electron chi connectivity index (χ3n) is 2.34. The van der Waals surface area contributed by atoms with Crippen LogP contribution in [-0.4, -0.2) is 13.3 Å². The highest BCUT2D eigenvalue weighted by Gasteiger charge is 2.06. The topological polar surface area (TPSA) is 21.6 Å². The predicted octanol–water partition coefficient (Wildman–Crippen LogP) is 4.97. The summed E-state index contributed by atoms with van der Waals surface area (Å²) in [5, 5.41) is 0. The first-order valence-corrected chi connectivity index (χ1v) is 6.91. The zero-order valence-electron chi connectivity index (χ0n) is 9.73. The van der Waals surface area contributed by atoms with Gasteiger partial charge in [0, 0.05) is 6.21 Å². The van der Waals surface area contributed by atoms with Gasteiger partial charge in [-0.1, -0.05) is 18.2 Å². The molecule has 0 saturated heterocycles. The molecule has 0 radical (unpaired) electrons. The van der Waals surface area contributed by atoms with Crippen LogP contribution in [0.3, 0.4) is 0 Å². The summed E-state index contributed by atoms with van der Waals surface area (Å²) < 4.78 is 7.05. The van der Waals surface area contributed by atoms with Crippen molar-refractivity contribution in [1.82, 2.24) is 0 Å². The largest absolute Gasteiger partial charge is 0.494 e. The maximum absolute atomic E-state index is 5.26. The van der Waals surface area contributed by atoms with Crippen LogP contribution in [-0.2, 0) is 0 Å². The molecule has 0 saturated carbocycles. The number of para-hydroxylation sites is 1. The van der Waals surface area contributed by atoms with Crippen LogP contribution in [0.2, 0.25) is 0 Å². The molecule has 0 amide bonds. The number of rotatable bonds is 3. The summed E-state index contributed by atoms with van der Waals surface area (Å²) in [6, 6.07) is 13.8. The van der Waals surface area contributed by atoms with Gasteiger partial charge < -0.3 is 4.74 Å². The van der Waals surface area contributed by atoms with Crippen molar-refractivity contribution in [3.05, 3.63) is 57.0 Å². The average Bonchev–Trinajstić information content (AvgIpc) is 2.37. The van der Waals surface area contributed by atoms with Gasteiger partial charge in [-0.15, -0.1) is 0 Å². The van der Waals surface area contributed by atoms with Crippen LogP contribution in [0.1, 0.15) is 5.56 Å². The Hall–Kier alpha value is -1.13. The Labute approximate surface area is 123 Å². The standard InChI is InChI=1S/C14H11Br2NO/c1-18-14-12(15)7-10(8-13(14)16)9-17-11-5-3-2-4-6-11/h2-9H,1H3. The smallest absolute Gasteiger partial charge is 0.147 e. The van der Waals surface area contributed by atoms with Gasteiger partial charge in [-0.2, -0.15) is 0 Å². The second-order valence-electron chi connectivity index (χ2n) is 3.61. The van der Waals surface area contributed by atoms with Crippen LogP contribution in [0.15, 0.2) is 56.4 Å². The first-order chi connectivity index (χ1) is 8.70. The van der Waals surface area contributed by atoms with Gasteiger partial charge in [0.25, 0.3) is 0 Å². The molecule has 0 spiro atoms. The molecule has 0 heterocycles. The van der Waals surface area contributed by atoms with Crippen molar-refractivity contribution in [1.29, 1.82) is 0 Å². The van der Waals surface area contributed by atoms with Crippen molar-refractivity contribution >= 4 is 43.8 Å². The van der Waals surface area contributed by atoms with E-state index < -0.39 is 0 Å². The zero-order valence-corrected chi connectivity index (χ0v) is 12.9. The summed E-state index contributed by atoms with van der Waals surface area (Å²) in [4.78, 5) is 4.41. The van der Waals surface area contributed by atoms with E-state index in [9.17, 15) is 0 Å². The molecule has 0 unspecified atom stereocenters. The molecule has 2 aromatic carbocycles. The minimum atomic E-state index is 0.784. The summed E-state index contributed by atoms with van der Waals surface area (Å²) >= 11 is 6.94. The van der Waals surface area contributed by atoms with Crippen molar-refractivity contribution in [2.75, 3.05) is 7.11 Å². The van der Waals surface area contributed by atoms with Gasteiger partial charge in [-0.3, -0.25) is 4.99 Å². The molecule has 18 heavy (non-hydrogen) atoms. The number of methoxy groups -OCH3 is 1. The molecule has 0 atom stereocenters. The molecule has 0 aliphatic carbocycles. The molecule has 2 nitrogen and oxygen atoms in total. The maximum atomic E-state index is 5.26. The molecule has 0 aromatic heterocycles. The highest BCUT2D eigenvalue weighted by atomic mass is 79.9. The van der Waals surface area contributed by atoms with Gasteiger partial charge in [0.15, 0.2) is 0 Å². The maximum Gasteiger partial charge on any atom is 0.147 e. The van der Waals surface area contributed by atoms with Crippen LogP contribution in [0.5, 0.6) is 5.75 Å². The minimum absolute atomic E-state index is 0.784. The molecule has 92 valence electrons. The van der Waals surface area contributed by atoms with E-state index in [2.05, 4.69) is 36.9 Å². The van der Waals surface area contributed by atoms with E-state index in [1.807, 2.05) is 48.7 Å². The van der Waals surface area contributed by atoms with E-state index >= 15 is 0 Å². The molecule has 0 fully saturated rings. The monoisotopic (exact) mass is 367 g/mol. The van der Waals surface area contributed by atoms with Crippen LogP contribution < -0.4 is 4.74 Å². The number of nitrogens with zero attached hydrogens (tertiary/aromatic N) is 1. The highest BCUT2D eigenvalue weighted by molar-refractivity contribution is 9.11. The van der Waals surface area contributed by atoms with E-state index in [4.69, 9.17) is 4.74 Å². The van der Waals surface area contributed by atoms with E-state index in [1.165, 1.54) is 0 Å². The van der Waals surface area contributed by atoms with Crippen molar-refractivity contribution < 1.29 is 4.74 Å².